The van der Waals surface area contributed by atoms with Crippen LogP contribution in [-0.4, -0.2) is 37.5 Å². The van der Waals surface area contributed by atoms with Gasteiger partial charge in [-0.15, -0.1) is 11.3 Å². The lowest BCUT2D eigenvalue weighted by Crippen LogP contribution is -2.15. The molecule has 8 heteroatoms. The number of aromatic nitrogens is 4. The number of benzene rings is 1. The molecule has 5 rings (SSSR count). The smallest absolute Gasteiger partial charge is 0.356 e. The first-order valence-electron chi connectivity index (χ1n) is 9.17. The maximum absolute atomic E-state index is 11.9. The van der Waals surface area contributed by atoms with E-state index in [1.54, 1.807) is 23.1 Å². The number of aryl methyl sites for hydroxylation is 2. The minimum absolute atomic E-state index is 0.120. The van der Waals surface area contributed by atoms with Crippen LogP contribution in [0.15, 0.2) is 41.9 Å². The Morgan fingerprint density at radius 3 is 2.79 bits per heavy atom. The highest BCUT2D eigenvalue weighted by atomic mass is 32.1. The molecule has 1 aliphatic rings. The molecule has 0 atom stereocenters. The number of ether oxygens (including phenoxy) is 1. The molecule has 0 radical (unpaired) electrons. The van der Waals surface area contributed by atoms with Crippen LogP contribution in [0.2, 0.25) is 0 Å². The number of carboxylic acids is 1. The highest BCUT2D eigenvalue weighted by Gasteiger charge is 2.29. The van der Waals surface area contributed by atoms with Crippen LogP contribution in [0.25, 0.3) is 27.6 Å². The fraction of sp³-hybridized carbons (Fsp3) is 0.190. The molecule has 0 spiro atoms. The molecule has 0 fully saturated rings. The summed E-state index contributed by atoms with van der Waals surface area (Å²) in [5.74, 6) is 0.408. The van der Waals surface area contributed by atoms with E-state index in [-0.39, 0.29) is 5.69 Å². The third kappa shape index (κ3) is 2.75. The molecule has 3 aromatic heterocycles. The second-order valence-corrected chi connectivity index (χ2v) is 7.85. The highest BCUT2D eigenvalue weighted by molar-refractivity contribution is 7.13. The first-order chi connectivity index (χ1) is 14.1. The zero-order valence-electron chi connectivity index (χ0n) is 15.9. The Kier molecular flexibility index (Phi) is 4.02. The minimum atomic E-state index is -1.00. The topological polar surface area (TPSA) is 82.2 Å². The minimum Gasteiger partial charge on any atom is -0.496 e. The first kappa shape index (κ1) is 17.7. The lowest BCUT2D eigenvalue weighted by atomic mass is 9.97. The van der Waals surface area contributed by atoms with E-state index in [1.807, 2.05) is 53.5 Å². The van der Waals surface area contributed by atoms with Crippen molar-refractivity contribution in [3.63, 3.8) is 0 Å². The average molecular weight is 406 g/mol. The van der Waals surface area contributed by atoms with Crippen LogP contribution in [0, 0.1) is 0 Å². The fourth-order valence-electron chi connectivity index (χ4n) is 3.89. The summed E-state index contributed by atoms with van der Waals surface area (Å²) in [5, 5.41) is 16.2. The van der Waals surface area contributed by atoms with Gasteiger partial charge in [0.15, 0.2) is 11.5 Å². The predicted molar refractivity (Wildman–Crippen MR) is 110 cm³/mol. The van der Waals surface area contributed by atoms with Crippen molar-refractivity contribution >= 4 is 17.3 Å². The molecule has 0 aliphatic carbocycles. The fourth-order valence-corrected chi connectivity index (χ4v) is 4.59. The summed E-state index contributed by atoms with van der Waals surface area (Å²) in [6.07, 6.45) is 3.22. The molecule has 0 amide bonds. The Morgan fingerprint density at radius 2 is 2.14 bits per heavy atom. The number of nitrogens with zero attached hydrogens (tertiary/aromatic N) is 4. The largest absolute Gasteiger partial charge is 0.496 e. The number of imidazole rings is 1. The Bertz CT molecular complexity index is 1240. The molecule has 29 heavy (non-hydrogen) atoms. The van der Waals surface area contributed by atoms with Gasteiger partial charge in [-0.25, -0.2) is 9.78 Å². The van der Waals surface area contributed by atoms with Crippen LogP contribution >= 0.6 is 11.3 Å². The second-order valence-electron chi connectivity index (χ2n) is 6.90. The van der Waals surface area contributed by atoms with Crippen molar-refractivity contribution in [1.82, 2.24) is 19.3 Å². The molecule has 146 valence electrons. The molecule has 0 saturated carbocycles. The van der Waals surface area contributed by atoms with Crippen molar-refractivity contribution in [2.45, 2.75) is 12.8 Å². The molecular weight excluding hydrogens is 388 g/mol. The zero-order chi connectivity index (χ0) is 20.1. The molecular formula is C21H18N4O3S. The van der Waals surface area contributed by atoms with Gasteiger partial charge in [0.25, 0.3) is 0 Å². The van der Waals surface area contributed by atoms with Gasteiger partial charge in [-0.05, 0) is 48.1 Å². The van der Waals surface area contributed by atoms with Crippen LogP contribution in [0.5, 0.6) is 5.75 Å². The summed E-state index contributed by atoms with van der Waals surface area (Å²) in [7, 11) is 3.52. The van der Waals surface area contributed by atoms with E-state index in [1.165, 1.54) is 0 Å². The van der Waals surface area contributed by atoms with Crippen LogP contribution in [0.4, 0.5) is 0 Å². The van der Waals surface area contributed by atoms with Crippen molar-refractivity contribution in [1.29, 1.82) is 0 Å². The van der Waals surface area contributed by atoms with Gasteiger partial charge in [-0.2, -0.15) is 5.10 Å². The maximum atomic E-state index is 11.9. The van der Waals surface area contributed by atoms with Crippen LogP contribution in [0.3, 0.4) is 0 Å². The lowest BCUT2D eigenvalue weighted by molar-refractivity contribution is 0.0689. The van der Waals surface area contributed by atoms with Crippen molar-refractivity contribution in [2.75, 3.05) is 7.11 Å². The monoisotopic (exact) mass is 406 g/mol. The van der Waals surface area contributed by atoms with Crippen molar-refractivity contribution < 1.29 is 14.6 Å². The lowest BCUT2D eigenvalue weighted by Gasteiger charge is -2.23. The van der Waals surface area contributed by atoms with Crippen molar-refractivity contribution in [3.8, 4) is 33.4 Å². The third-order valence-electron chi connectivity index (χ3n) is 5.18. The Hall–Kier alpha value is -3.39. The van der Waals surface area contributed by atoms with Gasteiger partial charge in [-0.3, -0.25) is 9.25 Å². The summed E-state index contributed by atoms with van der Waals surface area (Å²) >= 11 is 1.54. The van der Waals surface area contributed by atoms with Crippen LogP contribution < -0.4 is 4.74 Å². The summed E-state index contributed by atoms with van der Waals surface area (Å²) in [4.78, 5) is 17.3. The number of carboxylic acid groups (broad SMARTS) is 1. The van der Waals surface area contributed by atoms with Gasteiger partial charge in [0, 0.05) is 18.8 Å². The number of aromatic carboxylic acids is 1. The standard InChI is InChI=1S/C21H18N4O3S/c1-24-8-7-14(23-24)13-11-16-12(10-17(13)28-2)5-6-15-19(21(26)27)22-20(25(15)16)18-4-3-9-29-18/h3-4,7-11H,5-6H2,1-2H3,(H,26,27). The van der Waals surface area contributed by atoms with Gasteiger partial charge in [0.1, 0.15) is 5.75 Å². The Balaban J connectivity index is 1.80. The summed E-state index contributed by atoms with van der Waals surface area (Å²) < 4.78 is 9.38. The second kappa shape index (κ2) is 6.59. The third-order valence-corrected chi connectivity index (χ3v) is 6.05. The van der Waals surface area contributed by atoms with Crippen molar-refractivity contribution in [2.24, 2.45) is 7.05 Å². The van der Waals surface area contributed by atoms with E-state index < -0.39 is 5.97 Å². The van der Waals surface area contributed by atoms with Crippen LogP contribution in [0.1, 0.15) is 21.7 Å². The highest BCUT2D eigenvalue weighted by Crippen LogP contribution is 2.40. The number of hydrogen-bond acceptors (Lipinski definition) is 5. The Labute approximate surface area is 170 Å². The number of hydrogen-bond donors (Lipinski definition) is 1. The number of thiophene rings is 1. The van der Waals surface area contributed by atoms with E-state index in [9.17, 15) is 9.90 Å². The molecule has 0 unspecified atom stereocenters. The van der Waals surface area contributed by atoms with Gasteiger partial charge in [0.2, 0.25) is 0 Å². The molecule has 1 aromatic carbocycles. The van der Waals surface area contributed by atoms with E-state index in [0.717, 1.165) is 45.2 Å². The first-order valence-corrected chi connectivity index (χ1v) is 10.0. The SMILES string of the molecule is COc1cc2c(cc1-c1ccn(C)n1)-n1c(-c3cccs3)nc(C(=O)O)c1CC2. The molecule has 0 saturated heterocycles. The Morgan fingerprint density at radius 1 is 1.28 bits per heavy atom. The van der Waals surface area contributed by atoms with Gasteiger partial charge < -0.3 is 9.84 Å². The molecule has 0 bridgehead atoms. The summed E-state index contributed by atoms with van der Waals surface area (Å²) in [6.45, 7) is 0. The molecule has 4 aromatic rings. The van der Waals surface area contributed by atoms with Crippen LogP contribution in [-0.2, 0) is 19.9 Å². The predicted octanol–water partition coefficient (Wildman–Crippen LogP) is 3.81. The molecule has 7 nitrogen and oxygen atoms in total. The number of methoxy groups -OCH3 is 1. The van der Waals surface area contributed by atoms with E-state index in [0.29, 0.717) is 12.2 Å². The van der Waals surface area contributed by atoms with Gasteiger partial charge in [0.05, 0.1) is 29.1 Å². The summed E-state index contributed by atoms with van der Waals surface area (Å²) in [5.41, 5.74) is 4.54. The molecule has 4 heterocycles. The zero-order valence-corrected chi connectivity index (χ0v) is 16.7. The molecule has 1 N–H and O–H groups in total. The van der Waals surface area contributed by atoms with E-state index in [2.05, 4.69) is 10.1 Å². The van der Waals surface area contributed by atoms with E-state index in [4.69, 9.17) is 4.74 Å². The van der Waals surface area contributed by atoms with Gasteiger partial charge >= 0.3 is 5.97 Å². The number of rotatable bonds is 4. The average Bonchev–Trinajstić information content (AvgIpc) is 3.45. The normalized spacial score (nSPS) is 12.5. The number of carbonyl (C=O) groups is 1. The number of fused-ring (bicyclic) bond motifs is 3. The molecule has 1 aliphatic heterocycles. The summed E-state index contributed by atoms with van der Waals surface area (Å²) in [6, 6.07) is 9.90. The van der Waals surface area contributed by atoms with E-state index >= 15 is 0 Å². The quantitative estimate of drug-likeness (QED) is 0.557. The van der Waals surface area contributed by atoms with Gasteiger partial charge in [-0.1, -0.05) is 6.07 Å². The van der Waals surface area contributed by atoms with Crippen molar-refractivity contribution in [3.05, 3.63) is 58.9 Å². The maximum Gasteiger partial charge on any atom is 0.356 e.